The molecule has 0 fully saturated rings. The van der Waals surface area contributed by atoms with Gasteiger partial charge in [-0.2, -0.15) is 5.10 Å². The van der Waals surface area contributed by atoms with E-state index in [1.54, 1.807) is 7.11 Å². The summed E-state index contributed by atoms with van der Waals surface area (Å²) in [6, 6.07) is 7.76. The quantitative estimate of drug-likeness (QED) is 0.753. The first-order valence-corrected chi connectivity index (χ1v) is 6.48. The lowest BCUT2D eigenvalue weighted by molar-refractivity contribution is 0.146. The maximum Gasteiger partial charge on any atom is 0.119 e. The lowest BCUT2D eigenvalue weighted by atomic mass is 9.93. The number of benzene rings is 1. The van der Waals surface area contributed by atoms with Crippen LogP contribution in [0.1, 0.15) is 12.0 Å². The Morgan fingerprint density at radius 3 is 2.79 bits per heavy atom. The molecule has 5 heteroatoms. The molecule has 0 amide bonds. The Morgan fingerprint density at radius 1 is 1.32 bits per heavy atom. The van der Waals surface area contributed by atoms with Crippen molar-refractivity contribution in [1.82, 2.24) is 5.43 Å². The van der Waals surface area contributed by atoms with Crippen molar-refractivity contribution in [2.24, 2.45) is 11.0 Å². The lowest BCUT2D eigenvalue weighted by Crippen LogP contribution is -2.31. The molecule has 0 saturated heterocycles. The molecule has 19 heavy (non-hydrogen) atoms. The van der Waals surface area contributed by atoms with Crippen LogP contribution in [0.2, 0.25) is 0 Å². The van der Waals surface area contributed by atoms with Gasteiger partial charge in [-0.15, -0.1) is 0 Å². The largest absolute Gasteiger partial charge is 0.491 e. The summed E-state index contributed by atoms with van der Waals surface area (Å²) in [7, 11) is 1.65. The fourth-order valence-electron chi connectivity index (χ4n) is 2.05. The van der Waals surface area contributed by atoms with E-state index < -0.39 is 0 Å². The zero-order valence-corrected chi connectivity index (χ0v) is 11.1. The summed E-state index contributed by atoms with van der Waals surface area (Å²) in [4.78, 5) is 0. The monoisotopic (exact) mass is 264 g/mol. The van der Waals surface area contributed by atoms with E-state index in [1.807, 2.05) is 24.3 Å². The van der Waals surface area contributed by atoms with Gasteiger partial charge in [0.1, 0.15) is 12.4 Å². The minimum Gasteiger partial charge on any atom is -0.491 e. The number of nitrogens with one attached hydrogen (secondary N) is 1. The molecule has 5 nitrogen and oxygen atoms in total. The van der Waals surface area contributed by atoms with Crippen molar-refractivity contribution in [2.45, 2.75) is 6.42 Å². The molecule has 1 heterocycles. The van der Waals surface area contributed by atoms with Crippen LogP contribution in [-0.4, -0.2) is 44.3 Å². The van der Waals surface area contributed by atoms with E-state index in [0.717, 1.165) is 30.0 Å². The van der Waals surface area contributed by atoms with Crippen molar-refractivity contribution in [3.05, 3.63) is 29.8 Å². The van der Waals surface area contributed by atoms with Crippen LogP contribution in [0.15, 0.2) is 29.4 Å². The number of hydrogen-bond donors (Lipinski definition) is 2. The highest BCUT2D eigenvalue weighted by Crippen LogP contribution is 2.19. The number of nitrogens with zero attached hydrogens (tertiary/aromatic N) is 1. The molecule has 1 unspecified atom stereocenters. The Morgan fingerprint density at radius 2 is 2.11 bits per heavy atom. The average molecular weight is 264 g/mol. The van der Waals surface area contributed by atoms with Crippen LogP contribution in [0.25, 0.3) is 0 Å². The molecule has 0 saturated carbocycles. The topological polar surface area (TPSA) is 63.1 Å². The van der Waals surface area contributed by atoms with Crippen molar-refractivity contribution >= 4 is 5.71 Å². The SMILES string of the molecule is COCCOc1ccc(C2=NNCCC2CO)cc1. The Bertz CT molecular complexity index is 417. The first-order chi connectivity index (χ1) is 9.35. The van der Waals surface area contributed by atoms with Gasteiger partial charge in [0.25, 0.3) is 0 Å². The second kappa shape index (κ2) is 7.11. The third-order valence-electron chi connectivity index (χ3n) is 3.12. The second-order valence-electron chi connectivity index (χ2n) is 4.44. The molecule has 2 rings (SSSR count). The molecule has 1 aromatic carbocycles. The van der Waals surface area contributed by atoms with Crippen molar-refractivity contribution < 1.29 is 14.6 Å². The summed E-state index contributed by atoms with van der Waals surface area (Å²) in [5, 5.41) is 13.7. The molecule has 0 spiro atoms. The predicted molar refractivity (Wildman–Crippen MR) is 73.5 cm³/mol. The zero-order chi connectivity index (χ0) is 13.5. The van der Waals surface area contributed by atoms with Crippen LogP contribution < -0.4 is 10.2 Å². The van der Waals surface area contributed by atoms with E-state index in [4.69, 9.17) is 9.47 Å². The standard InChI is InChI=1S/C14H20N2O3/c1-18-8-9-19-13-4-2-11(3-5-13)14-12(10-17)6-7-15-16-14/h2-5,12,15,17H,6-10H2,1H3. The van der Waals surface area contributed by atoms with Gasteiger partial charge < -0.3 is 20.0 Å². The number of aliphatic hydroxyl groups is 1. The number of methoxy groups -OCH3 is 1. The normalized spacial score (nSPS) is 18.6. The predicted octanol–water partition coefficient (Wildman–Crippen LogP) is 1.02. The Balaban J connectivity index is 2.03. The number of rotatable bonds is 6. The van der Waals surface area contributed by atoms with Crippen LogP contribution in [0.5, 0.6) is 5.75 Å². The number of ether oxygens (including phenoxy) is 2. The minimum atomic E-state index is 0.113. The summed E-state index contributed by atoms with van der Waals surface area (Å²) in [5.41, 5.74) is 4.92. The van der Waals surface area contributed by atoms with Crippen LogP contribution in [0.4, 0.5) is 0 Å². The van der Waals surface area contributed by atoms with Crippen LogP contribution in [0.3, 0.4) is 0 Å². The maximum absolute atomic E-state index is 9.37. The number of aliphatic hydroxyl groups excluding tert-OH is 1. The lowest BCUT2D eigenvalue weighted by Gasteiger charge is -2.22. The smallest absolute Gasteiger partial charge is 0.119 e. The Labute approximate surface area is 113 Å². The molecule has 2 N–H and O–H groups in total. The molecule has 0 radical (unpaired) electrons. The van der Waals surface area contributed by atoms with E-state index in [0.29, 0.717) is 13.2 Å². The van der Waals surface area contributed by atoms with Crippen LogP contribution >= 0.6 is 0 Å². The molecule has 1 aliphatic heterocycles. The van der Waals surface area contributed by atoms with Gasteiger partial charge in [0.05, 0.1) is 18.9 Å². The molecule has 1 aromatic rings. The van der Waals surface area contributed by atoms with Crippen LogP contribution in [0, 0.1) is 5.92 Å². The zero-order valence-electron chi connectivity index (χ0n) is 11.1. The highest BCUT2D eigenvalue weighted by Gasteiger charge is 2.20. The summed E-state index contributed by atoms with van der Waals surface area (Å²) in [6.07, 6.45) is 0.904. The summed E-state index contributed by atoms with van der Waals surface area (Å²) in [5.74, 6) is 0.923. The van der Waals surface area contributed by atoms with Crippen LogP contribution in [-0.2, 0) is 4.74 Å². The first-order valence-electron chi connectivity index (χ1n) is 6.48. The number of hydrogen-bond acceptors (Lipinski definition) is 5. The fraction of sp³-hybridized carbons (Fsp3) is 0.500. The summed E-state index contributed by atoms with van der Waals surface area (Å²) < 4.78 is 10.4. The van der Waals surface area contributed by atoms with Gasteiger partial charge in [0.15, 0.2) is 0 Å². The van der Waals surface area contributed by atoms with Gasteiger partial charge >= 0.3 is 0 Å². The molecular formula is C14H20N2O3. The van der Waals surface area contributed by atoms with Gasteiger partial charge in [-0.05, 0) is 36.2 Å². The van der Waals surface area contributed by atoms with Crippen molar-refractivity contribution in [3.63, 3.8) is 0 Å². The Kier molecular flexibility index (Phi) is 5.18. The van der Waals surface area contributed by atoms with Gasteiger partial charge in [-0.25, -0.2) is 0 Å². The fourth-order valence-corrected chi connectivity index (χ4v) is 2.05. The Hall–Kier alpha value is -1.59. The maximum atomic E-state index is 9.37. The molecule has 1 aliphatic rings. The molecule has 0 aliphatic carbocycles. The van der Waals surface area contributed by atoms with Gasteiger partial charge in [0, 0.05) is 19.6 Å². The van der Waals surface area contributed by atoms with Gasteiger partial charge in [-0.3, -0.25) is 0 Å². The van der Waals surface area contributed by atoms with E-state index >= 15 is 0 Å². The average Bonchev–Trinajstić information content (AvgIpc) is 2.48. The van der Waals surface area contributed by atoms with Gasteiger partial charge in [0.2, 0.25) is 0 Å². The van der Waals surface area contributed by atoms with Crippen molar-refractivity contribution in [1.29, 1.82) is 0 Å². The number of hydrazone groups is 1. The van der Waals surface area contributed by atoms with Gasteiger partial charge in [-0.1, -0.05) is 0 Å². The van der Waals surface area contributed by atoms with E-state index in [9.17, 15) is 5.11 Å². The minimum absolute atomic E-state index is 0.113. The molecule has 0 aromatic heterocycles. The third kappa shape index (κ3) is 3.68. The first kappa shape index (κ1) is 13.8. The van der Waals surface area contributed by atoms with Crippen molar-refractivity contribution in [3.8, 4) is 5.75 Å². The van der Waals surface area contributed by atoms with E-state index in [1.165, 1.54) is 0 Å². The third-order valence-corrected chi connectivity index (χ3v) is 3.12. The van der Waals surface area contributed by atoms with E-state index in [2.05, 4.69) is 10.5 Å². The molecule has 0 bridgehead atoms. The van der Waals surface area contributed by atoms with E-state index in [-0.39, 0.29) is 12.5 Å². The van der Waals surface area contributed by atoms with Crippen molar-refractivity contribution in [2.75, 3.05) is 33.5 Å². The molecular weight excluding hydrogens is 244 g/mol. The highest BCUT2D eigenvalue weighted by atomic mass is 16.5. The molecule has 1 atom stereocenters. The second-order valence-corrected chi connectivity index (χ2v) is 4.44. The highest BCUT2D eigenvalue weighted by molar-refractivity contribution is 6.02. The summed E-state index contributed by atoms with van der Waals surface area (Å²) >= 11 is 0. The summed E-state index contributed by atoms with van der Waals surface area (Å²) in [6.45, 7) is 2.06. The molecule has 104 valence electrons.